The van der Waals surface area contributed by atoms with Crippen molar-refractivity contribution >= 4 is 0 Å². The van der Waals surface area contributed by atoms with Crippen LogP contribution in [0.5, 0.6) is 0 Å². The lowest BCUT2D eigenvalue weighted by atomic mass is 9.68. The fourth-order valence-electron chi connectivity index (χ4n) is 5.00. The topological polar surface area (TPSA) is 0 Å². The highest BCUT2D eigenvalue weighted by Crippen LogP contribution is 2.44. The van der Waals surface area contributed by atoms with Crippen molar-refractivity contribution in [3.63, 3.8) is 0 Å². The molecule has 0 bridgehead atoms. The molecular formula is C22H30F2. The Hall–Kier alpha value is -1.18. The quantitative estimate of drug-likeness (QED) is 0.536. The van der Waals surface area contributed by atoms with E-state index in [2.05, 4.69) is 0 Å². The predicted molar refractivity (Wildman–Crippen MR) is 96.0 cm³/mol. The van der Waals surface area contributed by atoms with Gasteiger partial charge in [-0.3, -0.25) is 0 Å². The summed E-state index contributed by atoms with van der Waals surface area (Å²) in [5.74, 6) is 3.12. The first-order valence-corrected chi connectivity index (χ1v) is 9.77. The Morgan fingerprint density at radius 2 is 1.42 bits per heavy atom. The minimum atomic E-state index is -0.133. The molecule has 0 aromatic heterocycles. The largest absolute Gasteiger partial charge is 0.216 e. The molecular weight excluding hydrogens is 302 g/mol. The summed E-state index contributed by atoms with van der Waals surface area (Å²) in [4.78, 5) is 0. The standard InChI is InChI=1S/C22H30F2/c23-16-2-1-3-17-4-6-18(7-5-17)19-8-10-20(11-9-19)21-12-14-22(24)15-13-21/h2,12-20H,1,3-11H2. The van der Waals surface area contributed by atoms with Crippen LogP contribution in [0.1, 0.15) is 75.7 Å². The molecule has 24 heavy (non-hydrogen) atoms. The first-order chi connectivity index (χ1) is 11.8. The second kappa shape index (κ2) is 8.78. The van der Waals surface area contributed by atoms with Gasteiger partial charge >= 0.3 is 0 Å². The van der Waals surface area contributed by atoms with Gasteiger partial charge in [0, 0.05) is 0 Å². The zero-order valence-corrected chi connectivity index (χ0v) is 14.6. The van der Waals surface area contributed by atoms with E-state index in [1.165, 1.54) is 56.9 Å². The second-order valence-corrected chi connectivity index (χ2v) is 7.88. The van der Waals surface area contributed by atoms with Crippen LogP contribution >= 0.6 is 0 Å². The van der Waals surface area contributed by atoms with Gasteiger partial charge in [0.05, 0.1) is 6.33 Å². The molecule has 0 amide bonds. The molecule has 1 aromatic carbocycles. The normalized spacial score (nSPS) is 31.4. The maximum atomic E-state index is 13.1. The van der Waals surface area contributed by atoms with E-state index in [0.717, 1.165) is 30.6 Å². The van der Waals surface area contributed by atoms with E-state index in [4.69, 9.17) is 0 Å². The van der Waals surface area contributed by atoms with Crippen LogP contribution in [0, 0.1) is 23.6 Å². The van der Waals surface area contributed by atoms with Crippen molar-refractivity contribution in [1.82, 2.24) is 0 Å². The van der Waals surface area contributed by atoms with E-state index >= 15 is 0 Å². The van der Waals surface area contributed by atoms with Crippen LogP contribution in [-0.2, 0) is 0 Å². The first-order valence-electron chi connectivity index (χ1n) is 9.77. The monoisotopic (exact) mass is 332 g/mol. The van der Waals surface area contributed by atoms with Crippen molar-refractivity contribution in [2.45, 2.75) is 70.1 Å². The summed E-state index contributed by atoms with van der Waals surface area (Å²) in [5, 5.41) is 0. The molecule has 2 heteroatoms. The Bertz CT molecular complexity index is 503. The summed E-state index contributed by atoms with van der Waals surface area (Å²) in [6.07, 6.45) is 15.0. The van der Waals surface area contributed by atoms with Gasteiger partial charge < -0.3 is 0 Å². The van der Waals surface area contributed by atoms with Crippen molar-refractivity contribution in [3.05, 3.63) is 48.1 Å². The molecule has 0 spiro atoms. The highest BCUT2D eigenvalue weighted by atomic mass is 19.1. The van der Waals surface area contributed by atoms with Gasteiger partial charge in [0.25, 0.3) is 0 Å². The van der Waals surface area contributed by atoms with Crippen molar-refractivity contribution in [2.24, 2.45) is 17.8 Å². The van der Waals surface area contributed by atoms with E-state index < -0.39 is 0 Å². The van der Waals surface area contributed by atoms with Crippen LogP contribution in [0.15, 0.2) is 36.7 Å². The van der Waals surface area contributed by atoms with Gasteiger partial charge in [-0.15, -0.1) is 0 Å². The summed E-state index contributed by atoms with van der Waals surface area (Å²) in [7, 11) is 0. The molecule has 2 saturated carbocycles. The highest BCUT2D eigenvalue weighted by Gasteiger charge is 2.31. The molecule has 132 valence electrons. The van der Waals surface area contributed by atoms with Crippen LogP contribution in [-0.4, -0.2) is 0 Å². The third-order valence-corrected chi connectivity index (χ3v) is 6.50. The maximum absolute atomic E-state index is 13.1. The summed E-state index contributed by atoms with van der Waals surface area (Å²) in [6, 6.07) is 7.14. The molecule has 0 radical (unpaired) electrons. The molecule has 0 atom stereocenters. The molecule has 0 N–H and O–H groups in total. The summed E-state index contributed by atoms with van der Waals surface area (Å²) in [5.41, 5.74) is 1.32. The third-order valence-electron chi connectivity index (χ3n) is 6.50. The van der Waals surface area contributed by atoms with Crippen molar-refractivity contribution < 1.29 is 8.78 Å². The lowest BCUT2D eigenvalue weighted by Crippen LogP contribution is -2.25. The lowest BCUT2D eigenvalue weighted by molar-refractivity contribution is 0.157. The average Bonchev–Trinajstić information content (AvgIpc) is 2.63. The first kappa shape index (κ1) is 17.6. The smallest absolute Gasteiger partial charge is 0.123 e. The number of rotatable bonds is 5. The second-order valence-electron chi connectivity index (χ2n) is 7.88. The van der Waals surface area contributed by atoms with Gasteiger partial charge in [0.15, 0.2) is 0 Å². The van der Waals surface area contributed by atoms with E-state index in [1.54, 1.807) is 18.2 Å². The summed E-state index contributed by atoms with van der Waals surface area (Å²) in [6.45, 7) is 0. The van der Waals surface area contributed by atoms with Gasteiger partial charge in [-0.05, 0) is 92.7 Å². The zero-order valence-electron chi connectivity index (χ0n) is 14.6. The van der Waals surface area contributed by atoms with Crippen LogP contribution < -0.4 is 0 Å². The molecule has 2 aliphatic carbocycles. The Morgan fingerprint density at radius 3 is 2.00 bits per heavy atom. The summed E-state index contributed by atoms with van der Waals surface area (Å²) < 4.78 is 25.1. The zero-order chi connectivity index (χ0) is 16.8. The summed E-state index contributed by atoms with van der Waals surface area (Å²) >= 11 is 0. The van der Waals surface area contributed by atoms with E-state index in [9.17, 15) is 8.78 Å². The van der Waals surface area contributed by atoms with Crippen LogP contribution in [0.25, 0.3) is 0 Å². The Labute approximate surface area is 145 Å². The molecule has 0 nitrogen and oxygen atoms in total. The van der Waals surface area contributed by atoms with E-state index in [0.29, 0.717) is 12.2 Å². The van der Waals surface area contributed by atoms with Gasteiger partial charge in [0.2, 0.25) is 0 Å². The average molecular weight is 332 g/mol. The van der Waals surface area contributed by atoms with Crippen molar-refractivity contribution in [1.29, 1.82) is 0 Å². The molecule has 2 fully saturated rings. The van der Waals surface area contributed by atoms with Gasteiger partial charge in [-0.25, -0.2) is 8.78 Å². The molecule has 0 aliphatic heterocycles. The molecule has 1 aromatic rings. The van der Waals surface area contributed by atoms with Crippen molar-refractivity contribution in [2.75, 3.05) is 0 Å². The molecule has 3 rings (SSSR count). The van der Waals surface area contributed by atoms with Gasteiger partial charge in [-0.2, -0.15) is 0 Å². The third kappa shape index (κ3) is 4.68. The molecule has 0 saturated heterocycles. The van der Waals surface area contributed by atoms with Gasteiger partial charge in [0.1, 0.15) is 5.82 Å². The number of hydrogen-bond donors (Lipinski definition) is 0. The van der Waals surface area contributed by atoms with Gasteiger partial charge in [-0.1, -0.05) is 31.1 Å². The predicted octanol–water partition coefficient (Wildman–Crippen LogP) is 7.17. The minimum Gasteiger partial charge on any atom is -0.216 e. The van der Waals surface area contributed by atoms with Crippen LogP contribution in [0.2, 0.25) is 0 Å². The van der Waals surface area contributed by atoms with Crippen molar-refractivity contribution in [3.8, 4) is 0 Å². The highest BCUT2D eigenvalue weighted by molar-refractivity contribution is 5.20. The fourth-order valence-corrected chi connectivity index (χ4v) is 5.00. The molecule has 2 aliphatic rings. The Balaban J connectivity index is 1.42. The number of allylic oxidation sites excluding steroid dienone is 1. The number of halogens is 2. The Morgan fingerprint density at radius 1 is 0.833 bits per heavy atom. The van der Waals surface area contributed by atoms with Crippen LogP contribution in [0.4, 0.5) is 8.78 Å². The van der Waals surface area contributed by atoms with E-state index in [-0.39, 0.29) is 5.82 Å². The van der Waals surface area contributed by atoms with E-state index in [1.807, 2.05) is 12.1 Å². The maximum Gasteiger partial charge on any atom is 0.123 e. The SMILES string of the molecule is FC=CCCC1CCC(C2CCC(c3ccc(F)cc3)CC2)CC1. The minimum absolute atomic E-state index is 0.133. The van der Waals surface area contributed by atoms with Crippen LogP contribution in [0.3, 0.4) is 0 Å². The Kier molecular flexibility index (Phi) is 6.45. The fraction of sp³-hybridized carbons (Fsp3) is 0.636. The lowest BCUT2D eigenvalue weighted by Gasteiger charge is -2.38. The molecule has 0 unspecified atom stereocenters. The number of benzene rings is 1. The number of hydrogen-bond acceptors (Lipinski definition) is 0. The molecule has 0 heterocycles.